The molecule has 2 N–H and O–H groups in total. The second-order valence-corrected chi connectivity index (χ2v) is 1.88. The zero-order valence-electron chi connectivity index (χ0n) is 5.63. The fourth-order valence-electron chi connectivity index (χ4n) is 0.741. The number of rotatable bonds is 2. The van der Waals surface area contributed by atoms with Gasteiger partial charge in [-0.15, -0.1) is 4.48 Å². The Labute approximate surface area is 63.4 Å². The SMILES string of the molecule is N#Cc1ccccc1NNF. The normalized spacial score (nSPS) is 8.73. The minimum atomic E-state index is 0.401. The van der Waals surface area contributed by atoms with Gasteiger partial charge in [-0.2, -0.15) is 5.26 Å². The lowest BCUT2D eigenvalue weighted by Crippen LogP contribution is -2.10. The van der Waals surface area contributed by atoms with Gasteiger partial charge in [-0.05, 0) is 12.1 Å². The predicted octanol–water partition coefficient (Wildman–Crippen LogP) is 1.36. The van der Waals surface area contributed by atoms with Crippen LogP contribution in [0, 0.1) is 11.3 Å². The van der Waals surface area contributed by atoms with Crippen molar-refractivity contribution < 1.29 is 4.48 Å². The average molecular weight is 151 g/mol. The third-order valence-corrected chi connectivity index (χ3v) is 1.23. The summed E-state index contributed by atoms with van der Waals surface area (Å²) in [7, 11) is 0. The molecule has 0 saturated heterocycles. The highest BCUT2D eigenvalue weighted by Gasteiger charge is 1.96. The number of nitriles is 1. The minimum absolute atomic E-state index is 0.401. The number of halogens is 1. The highest BCUT2D eigenvalue weighted by Crippen LogP contribution is 2.11. The number of anilines is 1. The molecule has 1 aromatic carbocycles. The molecule has 0 aliphatic rings. The van der Waals surface area contributed by atoms with Crippen molar-refractivity contribution in [1.82, 2.24) is 5.65 Å². The molecule has 0 fully saturated rings. The Morgan fingerprint density at radius 3 is 2.73 bits per heavy atom. The molecule has 0 aromatic heterocycles. The standard InChI is InChI=1S/C7H6FN3/c8-11-10-7-4-2-1-3-6(7)5-9/h1-4,10-11H. The van der Waals surface area contributed by atoms with Crippen LogP contribution >= 0.6 is 0 Å². The second-order valence-electron chi connectivity index (χ2n) is 1.88. The highest BCUT2D eigenvalue weighted by molar-refractivity contribution is 5.56. The number of nitrogens with one attached hydrogen (secondary N) is 2. The fourth-order valence-corrected chi connectivity index (χ4v) is 0.741. The van der Waals surface area contributed by atoms with Crippen molar-refractivity contribution in [3.63, 3.8) is 0 Å². The van der Waals surface area contributed by atoms with E-state index >= 15 is 0 Å². The maximum absolute atomic E-state index is 11.5. The van der Waals surface area contributed by atoms with E-state index in [1.807, 2.05) is 6.07 Å². The molecule has 4 heteroatoms. The van der Waals surface area contributed by atoms with E-state index in [2.05, 4.69) is 5.43 Å². The van der Waals surface area contributed by atoms with E-state index in [-0.39, 0.29) is 0 Å². The number of hydrogen-bond donors (Lipinski definition) is 2. The van der Waals surface area contributed by atoms with E-state index in [4.69, 9.17) is 5.26 Å². The van der Waals surface area contributed by atoms with Gasteiger partial charge in [0.25, 0.3) is 0 Å². The number of hydrazine groups is 1. The van der Waals surface area contributed by atoms with Crippen LogP contribution in [-0.4, -0.2) is 0 Å². The molecule has 0 heterocycles. The van der Waals surface area contributed by atoms with Gasteiger partial charge in [0.1, 0.15) is 6.07 Å². The van der Waals surface area contributed by atoms with Crippen LogP contribution in [0.15, 0.2) is 24.3 Å². The van der Waals surface area contributed by atoms with Gasteiger partial charge in [-0.1, -0.05) is 17.8 Å². The quantitative estimate of drug-likeness (QED) is 0.495. The molecular formula is C7H6FN3. The van der Waals surface area contributed by atoms with E-state index in [1.165, 1.54) is 5.65 Å². The first-order chi connectivity index (χ1) is 5.38. The van der Waals surface area contributed by atoms with E-state index in [9.17, 15) is 4.48 Å². The van der Waals surface area contributed by atoms with Gasteiger partial charge in [0, 0.05) is 0 Å². The highest BCUT2D eigenvalue weighted by atomic mass is 19.2. The molecule has 0 unspecified atom stereocenters. The Balaban J connectivity index is 2.95. The van der Waals surface area contributed by atoms with Crippen molar-refractivity contribution in [3.05, 3.63) is 29.8 Å². The molecular weight excluding hydrogens is 145 g/mol. The Hall–Kier alpha value is -1.60. The summed E-state index contributed by atoms with van der Waals surface area (Å²) in [5.41, 5.74) is 4.27. The van der Waals surface area contributed by atoms with Gasteiger partial charge in [0.05, 0.1) is 11.3 Å². The monoisotopic (exact) mass is 151 g/mol. The molecule has 0 aliphatic carbocycles. The number of nitrogens with zero attached hydrogens (tertiary/aromatic N) is 1. The van der Waals surface area contributed by atoms with Crippen LogP contribution in [0.4, 0.5) is 10.2 Å². The topological polar surface area (TPSA) is 47.9 Å². The van der Waals surface area contributed by atoms with E-state index < -0.39 is 0 Å². The van der Waals surface area contributed by atoms with E-state index in [0.29, 0.717) is 11.3 Å². The molecule has 3 nitrogen and oxygen atoms in total. The van der Waals surface area contributed by atoms with Crippen molar-refractivity contribution >= 4 is 5.69 Å². The summed E-state index contributed by atoms with van der Waals surface area (Å²) in [6.07, 6.45) is 0. The van der Waals surface area contributed by atoms with Crippen LogP contribution in [0.5, 0.6) is 0 Å². The largest absolute Gasteiger partial charge is 0.293 e. The van der Waals surface area contributed by atoms with Gasteiger partial charge in [-0.3, -0.25) is 5.43 Å². The van der Waals surface area contributed by atoms with Crippen molar-refractivity contribution in [2.75, 3.05) is 5.43 Å². The fraction of sp³-hybridized carbons (Fsp3) is 0. The van der Waals surface area contributed by atoms with E-state index in [0.717, 1.165) is 0 Å². The summed E-state index contributed by atoms with van der Waals surface area (Å²) in [6, 6.07) is 8.53. The molecule has 1 aromatic rings. The first-order valence-electron chi connectivity index (χ1n) is 2.99. The molecule has 0 radical (unpaired) electrons. The molecule has 0 spiro atoms. The van der Waals surface area contributed by atoms with Gasteiger partial charge < -0.3 is 0 Å². The van der Waals surface area contributed by atoms with Crippen LogP contribution in [-0.2, 0) is 0 Å². The first kappa shape index (κ1) is 7.51. The van der Waals surface area contributed by atoms with Gasteiger partial charge >= 0.3 is 0 Å². The molecule has 0 saturated carbocycles. The predicted molar refractivity (Wildman–Crippen MR) is 39.0 cm³/mol. The third-order valence-electron chi connectivity index (χ3n) is 1.23. The van der Waals surface area contributed by atoms with Crippen molar-refractivity contribution in [2.45, 2.75) is 0 Å². The molecule has 0 bridgehead atoms. The Bertz CT molecular complexity index is 279. The van der Waals surface area contributed by atoms with Crippen molar-refractivity contribution in [1.29, 1.82) is 5.26 Å². The summed E-state index contributed by atoms with van der Waals surface area (Å²) in [5, 5.41) is 8.50. The lowest BCUT2D eigenvalue weighted by Gasteiger charge is -2.01. The number of hydrogen-bond acceptors (Lipinski definition) is 3. The summed E-state index contributed by atoms with van der Waals surface area (Å²) in [5.74, 6) is 0. The molecule has 56 valence electrons. The molecule has 0 aliphatic heterocycles. The summed E-state index contributed by atoms with van der Waals surface area (Å²) < 4.78 is 11.5. The van der Waals surface area contributed by atoms with Crippen LogP contribution in [0.1, 0.15) is 5.56 Å². The van der Waals surface area contributed by atoms with Crippen LogP contribution in [0.2, 0.25) is 0 Å². The smallest absolute Gasteiger partial charge is 0.101 e. The molecule has 11 heavy (non-hydrogen) atoms. The molecule has 1 rings (SSSR count). The third kappa shape index (κ3) is 1.66. The summed E-state index contributed by atoms with van der Waals surface area (Å²) in [4.78, 5) is 0. The van der Waals surface area contributed by atoms with Gasteiger partial charge in [0.15, 0.2) is 0 Å². The minimum Gasteiger partial charge on any atom is -0.293 e. The van der Waals surface area contributed by atoms with Crippen LogP contribution < -0.4 is 11.1 Å². The number of para-hydroxylation sites is 1. The van der Waals surface area contributed by atoms with Crippen LogP contribution in [0.3, 0.4) is 0 Å². The Morgan fingerprint density at radius 1 is 1.36 bits per heavy atom. The van der Waals surface area contributed by atoms with E-state index in [1.54, 1.807) is 24.3 Å². The summed E-state index contributed by atoms with van der Waals surface area (Å²) in [6.45, 7) is 0. The zero-order valence-corrected chi connectivity index (χ0v) is 5.63. The maximum Gasteiger partial charge on any atom is 0.101 e. The maximum atomic E-state index is 11.5. The van der Waals surface area contributed by atoms with Crippen molar-refractivity contribution in [2.24, 2.45) is 0 Å². The zero-order chi connectivity index (χ0) is 8.10. The first-order valence-corrected chi connectivity index (χ1v) is 2.99. The number of benzene rings is 1. The Kier molecular flexibility index (Phi) is 2.42. The average Bonchev–Trinajstić information content (AvgIpc) is 2.06. The van der Waals surface area contributed by atoms with Gasteiger partial charge in [0.2, 0.25) is 0 Å². The van der Waals surface area contributed by atoms with Crippen molar-refractivity contribution in [3.8, 4) is 6.07 Å². The van der Waals surface area contributed by atoms with Gasteiger partial charge in [-0.25, -0.2) is 0 Å². The molecule has 0 atom stereocenters. The summed E-state index contributed by atoms with van der Waals surface area (Å²) >= 11 is 0. The lowest BCUT2D eigenvalue weighted by molar-refractivity contribution is 0.376. The Morgan fingerprint density at radius 2 is 2.09 bits per heavy atom. The second kappa shape index (κ2) is 3.54. The molecule has 0 amide bonds. The lowest BCUT2D eigenvalue weighted by atomic mass is 10.2. The van der Waals surface area contributed by atoms with Crippen LogP contribution in [0.25, 0.3) is 0 Å².